The quantitative estimate of drug-likeness (QED) is 0.363. The van der Waals surface area contributed by atoms with Crippen molar-refractivity contribution in [2.45, 2.75) is 20.0 Å². The van der Waals surface area contributed by atoms with E-state index >= 15 is 0 Å². The molecule has 3 rings (SSSR count). The number of nitrogens with two attached hydrogens (primary N) is 1. The van der Waals surface area contributed by atoms with Gasteiger partial charge in [0.2, 0.25) is 0 Å². The topological polar surface area (TPSA) is 92.6 Å². The molecular formula is C13H16N6O. The van der Waals surface area contributed by atoms with Gasteiger partial charge in [-0.15, -0.1) is 0 Å². The molecule has 2 aromatic rings. The maximum Gasteiger partial charge on any atom is 0.174 e. The Hall–Kier alpha value is -2.57. The van der Waals surface area contributed by atoms with E-state index in [-0.39, 0.29) is 5.84 Å². The van der Waals surface area contributed by atoms with Crippen LogP contribution in [0.15, 0.2) is 29.8 Å². The highest BCUT2D eigenvalue weighted by Gasteiger charge is 2.22. The molecule has 1 aliphatic rings. The van der Waals surface area contributed by atoms with Crippen LogP contribution in [0.1, 0.15) is 17.0 Å². The molecule has 2 aromatic heterocycles. The number of aromatic nitrogens is 3. The third-order valence-electron chi connectivity index (χ3n) is 3.55. The van der Waals surface area contributed by atoms with Gasteiger partial charge in [-0.3, -0.25) is 0 Å². The van der Waals surface area contributed by atoms with Crippen LogP contribution in [0, 0.1) is 6.92 Å². The summed E-state index contributed by atoms with van der Waals surface area (Å²) in [5.41, 5.74) is 7.40. The van der Waals surface area contributed by atoms with E-state index < -0.39 is 0 Å². The number of fused-ring (bicyclic) bond motifs is 1. The minimum atomic E-state index is 0.0829. The van der Waals surface area contributed by atoms with Crippen LogP contribution >= 0.6 is 0 Å². The molecule has 0 aliphatic carbocycles. The predicted octanol–water partition coefficient (Wildman–Crippen LogP) is 0.701. The standard InChI is InChI=1S/C13H16N6O/c1-9-2-3-16-13(11(9)12(14)17-20)19-7-6-18-5-4-15-10(18)8-19/h2-5,20H,6-8H2,1H3,(H2,14,17). The van der Waals surface area contributed by atoms with E-state index in [0.29, 0.717) is 12.1 Å². The number of anilines is 1. The van der Waals surface area contributed by atoms with Crippen LogP contribution in [0.25, 0.3) is 0 Å². The van der Waals surface area contributed by atoms with Gasteiger partial charge >= 0.3 is 0 Å². The highest BCUT2D eigenvalue weighted by molar-refractivity contribution is 6.02. The van der Waals surface area contributed by atoms with Gasteiger partial charge in [0.05, 0.1) is 12.1 Å². The second-order valence-electron chi connectivity index (χ2n) is 4.77. The van der Waals surface area contributed by atoms with Crippen molar-refractivity contribution in [3.8, 4) is 0 Å². The molecule has 3 heterocycles. The number of amidine groups is 1. The lowest BCUT2D eigenvalue weighted by Crippen LogP contribution is -2.36. The van der Waals surface area contributed by atoms with E-state index in [1.165, 1.54) is 0 Å². The number of hydrogen-bond donors (Lipinski definition) is 2. The lowest BCUT2D eigenvalue weighted by molar-refractivity contribution is 0.318. The summed E-state index contributed by atoms with van der Waals surface area (Å²) < 4.78 is 2.12. The molecule has 0 radical (unpaired) electrons. The second-order valence-corrected chi connectivity index (χ2v) is 4.77. The first-order valence-corrected chi connectivity index (χ1v) is 6.39. The van der Waals surface area contributed by atoms with E-state index in [4.69, 9.17) is 10.9 Å². The summed E-state index contributed by atoms with van der Waals surface area (Å²) in [7, 11) is 0. The summed E-state index contributed by atoms with van der Waals surface area (Å²) >= 11 is 0. The van der Waals surface area contributed by atoms with Gasteiger partial charge in [0.1, 0.15) is 11.6 Å². The predicted molar refractivity (Wildman–Crippen MR) is 74.8 cm³/mol. The fraction of sp³-hybridized carbons (Fsp3) is 0.308. The number of oxime groups is 1. The van der Waals surface area contributed by atoms with Crippen LogP contribution in [0.4, 0.5) is 5.82 Å². The van der Waals surface area contributed by atoms with Gasteiger partial charge < -0.3 is 20.4 Å². The minimum Gasteiger partial charge on any atom is -0.409 e. The molecule has 7 nitrogen and oxygen atoms in total. The summed E-state index contributed by atoms with van der Waals surface area (Å²) in [6.45, 7) is 4.24. The van der Waals surface area contributed by atoms with Crippen molar-refractivity contribution in [1.82, 2.24) is 14.5 Å². The molecule has 0 unspecified atom stereocenters. The molecule has 0 fully saturated rings. The molecule has 1 aliphatic heterocycles. The smallest absolute Gasteiger partial charge is 0.174 e. The molecule has 7 heteroatoms. The van der Waals surface area contributed by atoms with E-state index in [2.05, 4.69) is 24.6 Å². The molecular weight excluding hydrogens is 256 g/mol. The Balaban J connectivity index is 2.02. The van der Waals surface area contributed by atoms with Crippen molar-refractivity contribution >= 4 is 11.7 Å². The summed E-state index contributed by atoms with van der Waals surface area (Å²) in [6, 6.07) is 1.85. The third-order valence-corrected chi connectivity index (χ3v) is 3.55. The Morgan fingerprint density at radius 3 is 3.00 bits per heavy atom. The fourth-order valence-electron chi connectivity index (χ4n) is 2.50. The number of pyridine rings is 1. The van der Waals surface area contributed by atoms with Crippen LogP contribution in [-0.4, -0.2) is 32.1 Å². The summed E-state index contributed by atoms with van der Waals surface area (Å²) in [5.74, 6) is 1.80. The van der Waals surface area contributed by atoms with Gasteiger partial charge in [0.25, 0.3) is 0 Å². The molecule has 20 heavy (non-hydrogen) atoms. The number of hydrogen-bond acceptors (Lipinski definition) is 5. The first-order valence-electron chi connectivity index (χ1n) is 6.39. The minimum absolute atomic E-state index is 0.0829. The van der Waals surface area contributed by atoms with Gasteiger partial charge in [-0.05, 0) is 18.6 Å². The fourth-order valence-corrected chi connectivity index (χ4v) is 2.50. The first kappa shape index (κ1) is 12.5. The number of rotatable bonds is 2. The molecule has 0 aromatic carbocycles. The maximum absolute atomic E-state index is 8.96. The van der Waals surface area contributed by atoms with Gasteiger partial charge in [0, 0.05) is 31.7 Å². The molecule has 0 saturated heterocycles. The first-order chi connectivity index (χ1) is 9.70. The molecule has 0 spiro atoms. The van der Waals surface area contributed by atoms with Crippen molar-refractivity contribution in [2.75, 3.05) is 11.4 Å². The number of imidazole rings is 1. The van der Waals surface area contributed by atoms with E-state index in [9.17, 15) is 0 Å². The SMILES string of the molecule is Cc1ccnc(N2CCn3ccnc3C2)c1/C(N)=N/O. The van der Waals surface area contributed by atoms with Gasteiger partial charge in [0.15, 0.2) is 5.84 Å². The van der Waals surface area contributed by atoms with Crippen LogP contribution in [0.3, 0.4) is 0 Å². The average molecular weight is 272 g/mol. The average Bonchev–Trinajstić information content (AvgIpc) is 2.93. The molecule has 3 N–H and O–H groups in total. The molecule has 0 bridgehead atoms. The normalized spacial score (nSPS) is 15.2. The summed E-state index contributed by atoms with van der Waals surface area (Å²) in [4.78, 5) is 10.8. The van der Waals surface area contributed by atoms with Gasteiger partial charge in [-0.2, -0.15) is 0 Å². The van der Waals surface area contributed by atoms with Crippen LogP contribution in [0.2, 0.25) is 0 Å². The Bertz CT molecular complexity index is 663. The largest absolute Gasteiger partial charge is 0.409 e. The number of nitrogens with zero attached hydrogens (tertiary/aromatic N) is 5. The van der Waals surface area contributed by atoms with E-state index in [1.54, 1.807) is 12.4 Å². The molecule has 0 amide bonds. The van der Waals surface area contributed by atoms with Crippen molar-refractivity contribution in [3.63, 3.8) is 0 Å². The van der Waals surface area contributed by atoms with Crippen LogP contribution in [-0.2, 0) is 13.1 Å². The molecule has 0 atom stereocenters. The van der Waals surface area contributed by atoms with E-state index in [1.807, 2.05) is 19.2 Å². The Morgan fingerprint density at radius 2 is 2.20 bits per heavy atom. The Labute approximate surface area is 116 Å². The van der Waals surface area contributed by atoms with Crippen molar-refractivity contribution in [3.05, 3.63) is 41.6 Å². The Morgan fingerprint density at radius 1 is 1.35 bits per heavy atom. The molecule has 104 valence electrons. The zero-order valence-electron chi connectivity index (χ0n) is 11.2. The third kappa shape index (κ3) is 1.97. The van der Waals surface area contributed by atoms with Gasteiger partial charge in [-0.25, -0.2) is 9.97 Å². The summed E-state index contributed by atoms with van der Waals surface area (Å²) in [5, 5.41) is 12.1. The number of aryl methyl sites for hydroxylation is 1. The Kier molecular flexibility index (Phi) is 3.02. The zero-order chi connectivity index (χ0) is 14.1. The van der Waals surface area contributed by atoms with Crippen LogP contribution < -0.4 is 10.6 Å². The lowest BCUT2D eigenvalue weighted by atomic mass is 10.1. The van der Waals surface area contributed by atoms with Gasteiger partial charge in [-0.1, -0.05) is 5.16 Å². The highest BCUT2D eigenvalue weighted by atomic mass is 16.4. The summed E-state index contributed by atoms with van der Waals surface area (Å²) in [6.07, 6.45) is 5.51. The van der Waals surface area contributed by atoms with Crippen LogP contribution in [0.5, 0.6) is 0 Å². The van der Waals surface area contributed by atoms with Crippen molar-refractivity contribution < 1.29 is 5.21 Å². The lowest BCUT2D eigenvalue weighted by Gasteiger charge is -2.30. The zero-order valence-corrected chi connectivity index (χ0v) is 11.2. The van der Waals surface area contributed by atoms with Crippen molar-refractivity contribution in [2.24, 2.45) is 10.9 Å². The monoisotopic (exact) mass is 272 g/mol. The maximum atomic E-state index is 8.96. The highest BCUT2D eigenvalue weighted by Crippen LogP contribution is 2.24. The molecule has 0 saturated carbocycles. The second kappa shape index (κ2) is 4.84. The van der Waals surface area contributed by atoms with E-state index in [0.717, 1.165) is 30.3 Å². The van der Waals surface area contributed by atoms with Crippen molar-refractivity contribution in [1.29, 1.82) is 0 Å².